The molecular weight excluding hydrogens is 327 g/mol. The van der Waals surface area contributed by atoms with Crippen LogP contribution in [-0.2, 0) is 17.5 Å². The normalized spacial score (nSPS) is 20.7. The van der Waals surface area contributed by atoms with Crippen molar-refractivity contribution in [3.05, 3.63) is 35.4 Å². The quantitative estimate of drug-likeness (QED) is 0.888. The van der Waals surface area contributed by atoms with Crippen LogP contribution in [0.4, 0.5) is 13.2 Å². The van der Waals surface area contributed by atoms with E-state index in [-0.39, 0.29) is 29.6 Å². The van der Waals surface area contributed by atoms with E-state index < -0.39 is 11.7 Å². The molecule has 23 heavy (non-hydrogen) atoms. The van der Waals surface area contributed by atoms with Crippen molar-refractivity contribution in [2.24, 2.45) is 0 Å². The summed E-state index contributed by atoms with van der Waals surface area (Å²) in [5, 5.41) is 8.85. The molecule has 2 unspecified atom stereocenters. The minimum atomic E-state index is -4.38. The summed E-state index contributed by atoms with van der Waals surface area (Å²) in [5.74, 6) is -0.0565. The van der Waals surface area contributed by atoms with E-state index in [1.54, 1.807) is 11.0 Å². The van der Waals surface area contributed by atoms with Gasteiger partial charge in [0.1, 0.15) is 0 Å². The Kier molecular flexibility index (Phi) is 5.97. The van der Waals surface area contributed by atoms with Gasteiger partial charge < -0.3 is 10.0 Å². The molecule has 1 saturated heterocycles. The first-order valence-electron chi connectivity index (χ1n) is 7.52. The summed E-state index contributed by atoms with van der Waals surface area (Å²) in [6, 6.07) is 5.10. The van der Waals surface area contributed by atoms with Crippen molar-refractivity contribution in [3.8, 4) is 0 Å². The molecule has 2 atom stereocenters. The van der Waals surface area contributed by atoms with E-state index in [2.05, 4.69) is 0 Å². The van der Waals surface area contributed by atoms with Gasteiger partial charge in [-0.1, -0.05) is 19.1 Å². The lowest BCUT2D eigenvalue weighted by atomic mass is 10.1. The van der Waals surface area contributed by atoms with E-state index >= 15 is 0 Å². The number of aliphatic hydroxyl groups excluding tert-OH is 1. The van der Waals surface area contributed by atoms with Gasteiger partial charge in [-0.15, -0.1) is 11.8 Å². The molecule has 0 aromatic heterocycles. The number of halogens is 3. The summed E-state index contributed by atoms with van der Waals surface area (Å²) in [4.78, 5) is 14.1. The number of thioether (sulfide) groups is 1. The molecule has 1 aliphatic rings. The van der Waals surface area contributed by atoms with E-state index in [9.17, 15) is 18.0 Å². The number of rotatable bonds is 5. The van der Waals surface area contributed by atoms with E-state index in [0.29, 0.717) is 12.1 Å². The van der Waals surface area contributed by atoms with Crippen LogP contribution in [0.2, 0.25) is 0 Å². The maximum atomic E-state index is 12.8. The highest BCUT2D eigenvalue weighted by Gasteiger charge is 2.32. The van der Waals surface area contributed by atoms with Crippen molar-refractivity contribution >= 4 is 17.7 Å². The van der Waals surface area contributed by atoms with Gasteiger partial charge in [0, 0.05) is 18.3 Å². The Labute approximate surface area is 137 Å². The number of amides is 1. The van der Waals surface area contributed by atoms with Gasteiger partial charge in [-0.2, -0.15) is 13.2 Å². The third-order valence-electron chi connectivity index (χ3n) is 3.76. The summed E-state index contributed by atoms with van der Waals surface area (Å²) in [7, 11) is 0. The van der Waals surface area contributed by atoms with Gasteiger partial charge in [0.25, 0.3) is 0 Å². The largest absolute Gasteiger partial charge is 0.416 e. The zero-order chi connectivity index (χ0) is 17.0. The maximum absolute atomic E-state index is 12.8. The Morgan fingerprint density at radius 1 is 1.43 bits per heavy atom. The fourth-order valence-corrected chi connectivity index (χ4v) is 3.79. The number of carbonyl (C=O) groups excluding carboxylic acids is 1. The summed E-state index contributed by atoms with van der Waals surface area (Å²) in [5.41, 5.74) is -0.215. The third-order valence-corrected chi connectivity index (χ3v) is 5.14. The van der Waals surface area contributed by atoms with Gasteiger partial charge in [-0.05, 0) is 30.5 Å². The van der Waals surface area contributed by atoms with Crippen LogP contribution in [0.15, 0.2) is 24.3 Å². The van der Waals surface area contributed by atoms with E-state index in [0.717, 1.165) is 25.0 Å². The average Bonchev–Trinajstić information content (AvgIpc) is 2.50. The van der Waals surface area contributed by atoms with E-state index in [1.165, 1.54) is 17.8 Å². The first kappa shape index (κ1) is 18.1. The predicted octanol–water partition coefficient (Wildman–Crippen LogP) is 3.31. The minimum Gasteiger partial charge on any atom is -0.395 e. The standard InChI is InChI=1S/C16H20F3NO2S/c1-11(10-21)23-14-6-3-7-20(15(14)22)9-12-4-2-5-13(8-12)16(17,18)19/h2,4-5,8,11,14,21H,3,6-7,9-10H2,1H3. The molecule has 2 rings (SSSR count). The van der Waals surface area contributed by atoms with E-state index in [1.807, 2.05) is 6.92 Å². The summed E-state index contributed by atoms with van der Waals surface area (Å²) >= 11 is 1.43. The highest BCUT2D eigenvalue weighted by atomic mass is 32.2. The number of hydrogen-bond donors (Lipinski definition) is 1. The average molecular weight is 347 g/mol. The lowest BCUT2D eigenvalue weighted by molar-refractivity contribution is -0.137. The second-order valence-corrected chi connectivity index (χ2v) is 7.36. The molecule has 0 saturated carbocycles. The highest BCUT2D eigenvalue weighted by molar-refractivity contribution is 8.01. The Morgan fingerprint density at radius 3 is 2.83 bits per heavy atom. The number of likely N-dealkylation sites (tertiary alicyclic amines) is 1. The summed E-state index contributed by atoms with van der Waals surface area (Å²) in [6.45, 7) is 2.60. The molecule has 1 aromatic carbocycles. The second-order valence-electron chi connectivity index (χ2n) is 5.72. The van der Waals surface area contributed by atoms with Gasteiger partial charge in [0.05, 0.1) is 17.4 Å². The van der Waals surface area contributed by atoms with Crippen LogP contribution >= 0.6 is 11.8 Å². The fourth-order valence-electron chi connectivity index (χ4n) is 2.58. The van der Waals surface area contributed by atoms with Crippen molar-refractivity contribution < 1.29 is 23.1 Å². The van der Waals surface area contributed by atoms with Crippen molar-refractivity contribution in [1.29, 1.82) is 0 Å². The molecular formula is C16H20F3NO2S. The molecule has 1 aliphatic heterocycles. The summed E-state index contributed by atoms with van der Waals surface area (Å²) in [6.07, 6.45) is -2.82. The molecule has 1 fully saturated rings. The predicted molar refractivity (Wildman–Crippen MR) is 84.0 cm³/mol. The number of alkyl halides is 3. The fraction of sp³-hybridized carbons (Fsp3) is 0.562. The Balaban J connectivity index is 2.06. The van der Waals surface area contributed by atoms with Crippen molar-refractivity contribution in [2.75, 3.05) is 13.2 Å². The van der Waals surface area contributed by atoms with Crippen molar-refractivity contribution in [2.45, 2.75) is 43.0 Å². The first-order valence-corrected chi connectivity index (χ1v) is 8.47. The molecule has 128 valence electrons. The Morgan fingerprint density at radius 2 is 2.17 bits per heavy atom. The van der Waals surface area contributed by atoms with Crippen LogP contribution in [0.1, 0.15) is 30.9 Å². The number of benzene rings is 1. The molecule has 1 heterocycles. The van der Waals surface area contributed by atoms with Gasteiger partial charge in [0.2, 0.25) is 5.91 Å². The third kappa shape index (κ3) is 4.88. The van der Waals surface area contributed by atoms with Crippen molar-refractivity contribution in [1.82, 2.24) is 4.90 Å². The molecule has 0 bridgehead atoms. The topological polar surface area (TPSA) is 40.5 Å². The monoisotopic (exact) mass is 347 g/mol. The number of nitrogens with zero attached hydrogens (tertiary/aromatic N) is 1. The molecule has 0 spiro atoms. The number of carbonyl (C=O) groups is 1. The van der Waals surface area contributed by atoms with Crippen LogP contribution in [0.5, 0.6) is 0 Å². The number of piperidine rings is 1. The van der Waals surface area contributed by atoms with E-state index in [4.69, 9.17) is 5.11 Å². The van der Waals surface area contributed by atoms with Gasteiger partial charge >= 0.3 is 6.18 Å². The molecule has 7 heteroatoms. The highest BCUT2D eigenvalue weighted by Crippen LogP contribution is 2.31. The molecule has 3 nitrogen and oxygen atoms in total. The van der Waals surface area contributed by atoms with Gasteiger partial charge in [-0.25, -0.2) is 0 Å². The van der Waals surface area contributed by atoms with Gasteiger partial charge in [-0.3, -0.25) is 4.79 Å². The van der Waals surface area contributed by atoms with Gasteiger partial charge in [0.15, 0.2) is 0 Å². The molecule has 1 aromatic rings. The lowest BCUT2D eigenvalue weighted by Crippen LogP contribution is -2.43. The van der Waals surface area contributed by atoms with Crippen molar-refractivity contribution in [3.63, 3.8) is 0 Å². The van der Waals surface area contributed by atoms with Crippen LogP contribution in [0.3, 0.4) is 0 Å². The number of aliphatic hydroxyl groups is 1. The summed E-state index contributed by atoms with van der Waals surface area (Å²) < 4.78 is 38.3. The zero-order valence-electron chi connectivity index (χ0n) is 12.8. The lowest BCUT2D eigenvalue weighted by Gasteiger charge is -2.33. The molecule has 1 N–H and O–H groups in total. The van der Waals surface area contributed by atoms with Crippen LogP contribution in [0.25, 0.3) is 0 Å². The van der Waals surface area contributed by atoms with Crippen LogP contribution < -0.4 is 0 Å². The molecule has 1 amide bonds. The number of hydrogen-bond acceptors (Lipinski definition) is 3. The van der Waals surface area contributed by atoms with Crippen LogP contribution in [-0.4, -0.2) is 39.6 Å². The Bertz CT molecular complexity index is 550. The maximum Gasteiger partial charge on any atom is 0.416 e. The van der Waals surface area contributed by atoms with Crippen LogP contribution in [0, 0.1) is 0 Å². The Hall–Kier alpha value is -1.21. The smallest absolute Gasteiger partial charge is 0.395 e. The molecule has 0 aliphatic carbocycles. The first-order chi connectivity index (χ1) is 10.8. The second kappa shape index (κ2) is 7.57. The zero-order valence-corrected chi connectivity index (χ0v) is 13.7. The SMILES string of the molecule is CC(CO)SC1CCCN(Cc2cccc(C(F)(F)F)c2)C1=O. The minimum absolute atomic E-state index is 0.00206. The molecule has 0 radical (unpaired) electrons.